The van der Waals surface area contributed by atoms with Gasteiger partial charge in [0.25, 0.3) is 16.1 Å². The lowest BCUT2D eigenvalue weighted by atomic mass is 10.0. The van der Waals surface area contributed by atoms with Crippen LogP contribution in [0.1, 0.15) is 149 Å². The van der Waals surface area contributed by atoms with E-state index in [4.69, 9.17) is 18.9 Å². The average Bonchev–Trinajstić information content (AvgIpc) is 3.21. The Morgan fingerprint density at radius 2 is 0.582 bits per heavy atom. The van der Waals surface area contributed by atoms with Gasteiger partial charge in [0.15, 0.2) is 33.5 Å². The Balaban J connectivity index is 1.80. The van der Waals surface area contributed by atoms with Gasteiger partial charge in [-0.15, -0.1) is 0 Å². The van der Waals surface area contributed by atoms with Gasteiger partial charge >= 0.3 is 0 Å². The highest BCUT2D eigenvalue weighted by atomic mass is 32.2. The fourth-order valence-electron chi connectivity index (χ4n) is 10.6. The van der Waals surface area contributed by atoms with E-state index in [0.29, 0.717) is 58.7 Å². The molecule has 4 aromatic carbocycles. The normalized spacial score (nSPS) is 12.1. The number of thioether (sulfide) groups is 1. The first-order valence-corrected chi connectivity index (χ1v) is 29.9. The summed E-state index contributed by atoms with van der Waals surface area (Å²) in [6.07, 6.45) is 1.12. The number of aryl methyl sites for hydroxylation is 12. The largest absolute Gasteiger partial charge is 0.355 e. The molecule has 11 heteroatoms. The van der Waals surface area contributed by atoms with Crippen LogP contribution in [0.5, 0.6) is 0 Å². The first kappa shape index (κ1) is 55.8. The maximum absolute atomic E-state index is 15.6. The lowest BCUT2D eigenvalue weighted by Crippen LogP contribution is -2.64. The Morgan fingerprint density at radius 1 is 0.388 bits per heavy atom. The molecule has 0 fully saturated rings. The molecule has 0 atom stereocenters. The highest BCUT2D eigenvalue weighted by molar-refractivity contribution is 7.99. The van der Waals surface area contributed by atoms with Crippen LogP contribution in [-0.4, -0.2) is 87.5 Å². The van der Waals surface area contributed by atoms with Crippen LogP contribution < -0.4 is 0 Å². The van der Waals surface area contributed by atoms with Gasteiger partial charge in [0.1, 0.15) is 0 Å². The second-order valence-electron chi connectivity index (χ2n) is 18.7. The maximum atomic E-state index is 15.6. The van der Waals surface area contributed by atoms with Crippen molar-refractivity contribution in [1.82, 2.24) is 0 Å². The topological polar surface area (TPSA) is 105 Å². The molecule has 0 saturated carbocycles. The van der Waals surface area contributed by atoms with E-state index in [9.17, 15) is 0 Å². The first-order valence-electron chi connectivity index (χ1n) is 24.2. The Bertz CT molecular complexity index is 2030. The molecule has 0 aliphatic heterocycles. The van der Waals surface area contributed by atoms with Crippen molar-refractivity contribution in [3.8, 4) is 0 Å². The number of carbonyl (C=O) groups is 4. The van der Waals surface area contributed by atoms with E-state index in [1.165, 1.54) is 0 Å². The predicted molar refractivity (Wildman–Crippen MR) is 282 cm³/mol. The summed E-state index contributed by atoms with van der Waals surface area (Å²) in [6, 6.07) is 16.8. The zero-order valence-corrected chi connectivity index (χ0v) is 46.3. The molecule has 67 heavy (non-hydrogen) atoms. The SMILES string of the molecule is CCOC(OCC)[Si](CCCSCCC[Si](C(=O)c1c(C)cc(C)cc1C)(C(=O)c1c(C)cc(C)cc1C)C(OCC)OCC)(C(=O)c1c(C)cc(C)cc1C)C(=O)c1c(C)cc(C)cc1C. The summed E-state index contributed by atoms with van der Waals surface area (Å²) in [5.74, 6) is -0.706. The van der Waals surface area contributed by atoms with E-state index in [0.717, 1.165) is 66.8 Å². The van der Waals surface area contributed by atoms with Crippen LogP contribution in [-0.2, 0) is 18.9 Å². The van der Waals surface area contributed by atoms with E-state index >= 15 is 19.2 Å². The quantitative estimate of drug-likeness (QED) is 0.0345. The highest BCUT2D eigenvalue weighted by Gasteiger charge is 2.59. The summed E-state index contributed by atoms with van der Waals surface area (Å²) in [5.41, 5.74) is 13.2. The maximum Gasteiger partial charge on any atom is 0.281 e. The van der Waals surface area contributed by atoms with Crippen molar-refractivity contribution in [2.24, 2.45) is 0 Å². The Morgan fingerprint density at radius 3 is 0.761 bits per heavy atom. The molecule has 364 valence electrons. The summed E-state index contributed by atoms with van der Waals surface area (Å²) in [4.78, 5) is 62.6. The standard InChI is InChI=1S/C56H78O8SSi2/c1-17-61-55(62-18-2)66(51(57)47-39(9)27-35(5)28-40(47)10,52(58)48-41(11)29-36(6)30-42(48)12)25-21-23-65-24-22-26-67(56(63-19-3)64-20-4,53(59)49-43(13)31-37(7)32-44(49)14)54(60)50-45(15)33-38(8)34-46(50)16/h27-34,55-56H,17-26H2,1-16H3. The third-order valence-electron chi connectivity index (χ3n) is 13.0. The van der Waals surface area contributed by atoms with E-state index in [-0.39, 0.29) is 48.1 Å². The fraction of sp³-hybridized carbons (Fsp3) is 0.500. The van der Waals surface area contributed by atoms with Gasteiger partial charge in [-0.1, -0.05) is 70.8 Å². The van der Waals surface area contributed by atoms with Crippen molar-refractivity contribution < 1.29 is 38.1 Å². The van der Waals surface area contributed by atoms with Crippen LogP contribution in [0.3, 0.4) is 0 Å². The third kappa shape index (κ3) is 12.1. The molecule has 0 amide bonds. The minimum atomic E-state index is -3.93. The van der Waals surface area contributed by atoms with Gasteiger partial charge in [0.2, 0.25) is 0 Å². The van der Waals surface area contributed by atoms with Gasteiger partial charge in [-0.3, -0.25) is 19.2 Å². The van der Waals surface area contributed by atoms with E-state index < -0.39 is 28.0 Å². The van der Waals surface area contributed by atoms with E-state index in [1.807, 2.05) is 159 Å². The lowest BCUT2D eigenvalue weighted by Gasteiger charge is -2.37. The van der Waals surface area contributed by atoms with Crippen molar-refractivity contribution in [3.05, 3.63) is 138 Å². The minimum absolute atomic E-state index is 0.155. The molecular weight excluding hydrogens is 889 g/mol. The lowest BCUT2D eigenvalue weighted by molar-refractivity contribution is -0.0877. The summed E-state index contributed by atoms with van der Waals surface area (Å²) in [5, 5.41) is -0.619. The molecule has 0 spiro atoms. The number of carbonyl (C=O) groups excluding carboxylic acids is 4. The molecule has 4 aromatic rings. The van der Waals surface area contributed by atoms with Crippen LogP contribution >= 0.6 is 11.8 Å². The number of ether oxygens (including phenoxy) is 4. The predicted octanol–water partition coefficient (Wildman–Crippen LogP) is 12.7. The Hall–Kier alpha value is -3.82. The van der Waals surface area contributed by atoms with Gasteiger partial charge in [-0.05, 0) is 192 Å². The summed E-state index contributed by atoms with van der Waals surface area (Å²) < 4.78 is 25.6. The molecule has 0 unspecified atom stereocenters. The number of benzene rings is 4. The minimum Gasteiger partial charge on any atom is -0.355 e. The molecule has 0 N–H and O–H groups in total. The molecule has 0 aliphatic carbocycles. The Kier molecular flexibility index (Phi) is 20.5. The Labute approximate surface area is 408 Å². The van der Waals surface area contributed by atoms with Gasteiger partial charge in [-0.25, -0.2) is 0 Å². The molecule has 0 aromatic heterocycles. The van der Waals surface area contributed by atoms with Crippen LogP contribution in [0.25, 0.3) is 0 Å². The van der Waals surface area contributed by atoms with Crippen molar-refractivity contribution in [2.45, 2.75) is 148 Å². The highest BCUT2D eigenvalue weighted by Crippen LogP contribution is 2.37. The smallest absolute Gasteiger partial charge is 0.281 e. The summed E-state index contributed by atoms with van der Waals surface area (Å²) in [7, 11) is -7.87. The average molecular weight is 967 g/mol. The summed E-state index contributed by atoms with van der Waals surface area (Å²) >= 11 is 1.71. The van der Waals surface area contributed by atoms with Crippen molar-refractivity contribution in [3.63, 3.8) is 0 Å². The zero-order valence-electron chi connectivity index (χ0n) is 43.5. The van der Waals surface area contributed by atoms with Crippen molar-refractivity contribution in [2.75, 3.05) is 37.9 Å². The van der Waals surface area contributed by atoms with Gasteiger partial charge < -0.3 is 18.9 Å². The molecular formula is C56H78O8SSi2. The fourth-order valence-corrected chi connectivity index (χ4v) is 21.3. The van der Waals surface area contributed by atoms with Crippen LogP contribution in [0.2, 0.25) is 12.1 Å². The van der Waals surface area contributed by atoms with Gasteiger partial charge in [0.05, 0.1) is 0 Å². The molecule has 8 nitrogen and oxygen atoms in total. The van der Waals surface area contributed by atoms with Crippen molar-refractivity contribution >= 4 is 49.5 Å². The van der Waals surface area contributed by atoms with E-state index in [1.54, 1.807) is 11.8 Å². The molecule has 4 rings (SSSR count). The second kappa shape index (κ2) is 24.6. The molecule has 0 bridgehead atoms. The number of hydrogen-bond acceptors (Lipinski definition) is 9. The zero-order chi connectivity index (χ0) is 50.0. The van der Waals surface area contributed by atoms with Crippen LogP contribution in [0.15, 0.2) is 48.5 Å². The monoisotopic (exact) mass is 966 g/mol. The number of hydrogen-bond donors (Lipinski definition) is 0. The van der Waals surface area contributed by atoms with Gasteiger partial charge in [0, 0.05) is 48.7 Å². The van der Waals surface area contributed by atoms with E-state index in [2.05, 4.69) is 0 Å². The summed E-state index contributed by atoms with van der Waals surface area (Å²) in [6.45, 7) is 32.3. The third-order valence-corrected chi connectivity index (χ3v) is 23.0. The molecule has 0 saturated heterocycles. The first-order chi connectivity index (χ1) is 31.7. The number of rotatable bonds is 26. The van der Waals surface area contributed by atoms with Crippen LogP contribution in [0.4, 0.5) is 0 Å². The molecule has 0 radical (unpaired) electrons. The van der Waals surface area contributed by atoms with Crippen LogP contribution in [0, 0.1) is 83.1 Å². The van der Waals surface area contributed by atoms with Crippen molar-refractivity contribution in [1.29, 1.82) is 0 Å². The molecule has 0 aliphatic rings. The second-order valence-corrected chi connectivity index (χ2v) is 27.5. The molecule has 0 heterocycles. The van der Waals surface area contributed by atoms with Gasteiger partial charge in [-0.2, -0.15) is 11.8 Å².